The molecule has 0 aliphatic heterocycles. The second-order valence-corrected chi connectivity index (χ2v) is 8.17. The summed E-state index contributed by atoms with van der Waals surface area (Å²) in [5.41, 5.74) is 0. The lowest BCUT2D eigenvalue weighted by Gasteiger charge is -2.22. The van der Waals surface area contributed by atoms with E-state index in [1.54, 1.807) is 13.1 Å². The first-order valence-electron chi connectivity index (χ1n) is 7.43. The van der Waals surface area contributed by atoms with Gasteiger partial charge in [-0.2, -0.15) is 4.31 Å². The average molecular weight is 379 g/mol. The topological polar surface area (TPSA) is 62.6 Å². The predicted molar refractivity (Wildman–Crippen MR) is 85.6 cm³/mol. The van der Waals surface area contributed by atoms with Gasteiger partial charge in [0, 0.05) is 19.2 Å². The van der Waals surface area contributed by atoms with Crippen LogP contribution in [0.3, 0.4) is 0 Å². The molecule has 1 aromatic heterocycles. The van der Waals surface area contributed by atoms with Crippen LogP contribution in [0.2, 0.25) is 0 Å². The summed E-state index contributed by atoms with van der Waals surface area (Å²) in [6.45, 7) is 3.50. The van der Waals surface area contributed by atoms with Crippen molar-refractivity contribution >= 4 is 26.0 Å². The summed E-state index contributed by atoms with van der Waals surface area (Å²) in [5, 5.41) is 3.20. The number of furan rings is 1. The molecule has 1 N–H and O–H groups in total. The van der Waals surface area contributed by atoms with Crippen LogP contribution in [0.4, 0.5) is 0 Å². The Morgan fingerprint density at radius 1 is 1.43 bits per heavy atom. The summed E-state index contributed by atoms with van der Waals surface area (Å²) in [6, 6.07) is 1.73. The van der Waals surface area contributed by atoms with Crippen molar-refractivity contribution in [2.24, 2.45) is 0 Å². The summed E-state index contributed by atoms with van der Waals surface area (Å²) in [7, 11) is -1.83. The van der Waals surface area contributed by atoms with Crippen molar-refractivity contribution in [2.75, 3.05) is 13.6 Å². The molecule has 0 bridgehead atoms. The Balaban J connectivity index is 2.15. The molecule has 1 fully saturated rings. The number of hydrogen-bond acceptors (Lipinski definition) is 4. The molecule has 1 saturated carbocycles. The van der Waals surface area contributed by atoms with Crippen LogP contribution in [0.1, 0.15) is 44.8 Å². The molecule has 1 aromatic rings. The normalized spacial score (nSPS) is 17.0. The van der Waals surface area contributed by atoms with Gasteiger partial charge in [-0.25, -0.2) is 8.42 Å². The van der Waals surface area contributed by atoms with Gasteiger partial charge in [-0.05, 0) is 41.7 Å². The molecule has 0 saturated heterocycles. The van der Waals surface area contributed by atoms with Crippen LogP contribution < -0.4 is 5.32 Å². The van der Waals surface area contributed by atoms with Gasteiger partial charge in [-0.15, -0.1) is 0 Å². The third kappa shape index (κ3) is 3.88. The van der Waals surface area contributed by atoms with Crippen LogP contribution in [-0.2, 0) is 16.6 Å². The molecular formula is C14H23BrN2O3S. The van der Waals surface area contributed by atoms with Gasteiger partial charge < -0.3 is 9.73 Å². The molecule has 0 spiro atoms. The van der Waals surface area contributed by atoms with E-state index in [1.165, 1.54) is 4.31 Å². The zero-order chi connectivity index (χ0) is 15.5. The van der Waals surface area contributed by atoms with Gasteiger partial charge in [-0.1, -0.05) is 19.8 Å². The van der Waals surface area contributed by atoms with Gasteiger partial charge in [0.15, 0.2) is 4.67 Å². The minimum atomic E-state index is -3.50. The molecule has 2 rings (SSSR count). The molecule has 0 atom stereocenters. The quantitative estimate of drug-likeness (QED) is 0.740. The first-order chi connectivity index (χ1) is 9.96. The molecule has 1 aliphatic rings. The Bertz CT molecular complexity index is 565. The molecule has 1 heterocycles. The molecule has 21 heavy (non-hydrogen) atoms. The van der Waals surface area contributed by atoms with Crippen LogP contribution in [0.15, 0.2) is 20.0 Å². The fourth-order valence-electron chi connectivity index (χ4n) is 2.67. The van der Waals surface area contributed by atoms with E-state index in [-0.39, 0.29) is 10.9 Å². The zero-order valence-electron chi connectivity index (χ0n) is 12.6. The fraction of sp³-hybridized carbons (Fsp3) is 0.714. The second kappa shape index (κ2) is 7.26. The lowest BCUT2D eigenvalue weighted by atomic mass is 10.3. The van der Waals surface area contributed by atoms with E-state index in [9.17, 15) is 8.42 Å². The zero-order valence-corrected chi connectivity index (χ0v) is 15.0. The van der Waals surface area contributed by atoms with Crippen molar-refractivity contribution in [3.8, 4) is 0 Å². The van der Waals surface area contributed by atoms with Gasteiger partial charge in [0.25, 0.3) is 0 Å². The summed E-state index contributed by atoms with van der Waals surface area (Å²) in [6.07, 6.45) is 5.11. The van der Waals surface area contributed by atoms with Gasteiger partial charge in [0.1, 0.15) is 10.7 Å². The molecule has 120 valence electrons. The van der Waals surface area contributed by atoms with Crippen molar-refractivity contribution in [1.29, 1.82) is 0 Å². The maximum absolute atomic E-state index is 12.7. The van der Waals surface area contributed by atoms with Crippen LogP contribution in [-0.4, -0.2) is 32.4 Å². The number of nitrogens with one attached hydrogen (secondary N) is 1. The van der Waals surface area contributed by atoms with E-state index in [4.69, 9.17) is 4.42 Å². The van der Waals surface area contributed by atoms with Gasteiger partial charge in [0.05, 0.1) is 6.54 Å². The van der Waals surface area contributed by atoms with E-state index in [0.29, 0.717) is 17.0 Å². The lowest BCUT2D eigenvalue weighted by Crippen LogP contribution is -2.35. The standard InChI is InChI=1S/C14H23BrN2O3S/c1-3-8-16-10-12-9-13(14(15)20-12)21(18,19)17(2)11-6-4-5-7-11/h9,11,16H,3-8,10H2,1-2H3. The average Bonchev–Trinajstić information content (AvgIpc) is 3.08. The molecule has 0 amide bonds. The summed E-state index contributed by atoms with van der Waals surface area (Å²) in [5.74, 6) is 0.633. The smallest absolute Gasteiger partial charge is 0.247 e. The minimum Gasteiger partial charge on any atom is -0.452 e. The number of nitrogens with zero attached hydrogens (tertiary/aromatic N) is 1. The first-order valence-corrected chi connectivity index (χ1v) is 9.67. The van der Waals surface area contributed by atoms with E-state index < -0.39 is 10.0 Å². The van der Waals surface area contributed by atoms with Crippen molar-refractivity contribution in [3.05, 3.63) is 16.5 Å². The summed E-state index contributed by atoms with van der Waals surface area (Å²) < 4.78 is 32.7. The molecule has 0 aromatic carbocycles. The van der Waals surface area contributed by atoms with Crippen LogP contribution >= 0.6 is 15.9 Å². The summed E-state index contributed by atoms with van der Waals surface area (Å²) >= 11 is 3.24. The Hall–Kier alpha value is -0.370. The molecule has 1 aliphatic carbocycles. The maximum atomic E-state index is 12.7. The van der Waals surface area contributed by atoms with Gasteiger partial charge in [-0.3, -0.25) is 0 Å². The fourth-order valence-corrected chi connectivity index (χ4v) is 5.04. The van der Waals surface area contributed by atoms with Crippen molar-refractivity contribution in [1.82, 2.24) is 9.62 Å². The highest BCUT2D eigenvalue weighted by molar-refractivity contribution is 9.10. The van der Waals surface area contributed by atoms with Crippen LogP contribution in [0, 0.1) is 0 Å². The van der Waals surface area contributed by atoms with Gasteiger partial charge >= 0.3 is 0 Å². The third-order valence-electron chi connectivity index (χ3n) is 3.93. The Kier molecular flexibility index (Phi) is 5.88. The number of rotatable bonds is 7. The molecule has 0 radical (unpaired) electrons. The highest BCUT2D eigenvalue weighted by atomic mass is 79.9. The van der Waals surface area contributed by atoms with Crippen molar-refractivity contribution in [2.45, 2.75) is 56.5 Å². The predicted octanol–water partition coefficient (Wildman–Crippen LogP) is 3.10. The Labute approximate surface area is 135 Å². The van der Waals surface area contributed by atoms with Crippen LogP contribution in [0.5, 0.6) is 0 Å². The molecule has 0 unspecified atom stereocenters. The monoisotopic (exact) mass is 378 g/mol. The molecular weight excluding hydrogens is 356 g/mol. The maximum Gasteiger partial charge on any atom is 0.247 e. The third-order valence-corrected chi connectivity index (χ3v) is 6.70. The highest BCUT2D eigenvalue weighted by Gasteiger charge is 2.33. The number of hydrogen-bond donors (Lipinski definition) is 1. The SMILES string of the molecule is CCCNCc1cc(S(=O)(=O)N(C)C2CCCC2)c(Br)o1. The number of sulfonamides is 1. The first kappa shape index (κ1) is 17.0. The van der Waals surface area contributed by atoms with Crippen molar-refractivity contribution < 1.29 is 12.8 Å². The summed E-state index contributed by atoms with van der Waals surface area (Å²) in [4.78, 5) is 0.227. The van der Waals surface area contributed by atoms with Crippen molar-refractivity contribution in [3.63, 3.8) is 0 Å². The Morgan fingerprint density at radius 3 is 2.71 bits per heavy atom. The second-order valence-electron chi connectivity index (χ2n) is 5.49. The van der Waals surface area contributed by atoms with E-state index in [1.807, 2.05) is 0 Å². The largest absolute Gasteiger partial charge is 0.452 e. The van der Waals surface area contributed by atoms with E-state index in [0.717, 1.165) is 38.6 Å². The van der Waals surface area contributed by atoms with E-state index >= 15 is 0 Å². The minimum absolute atomic E-state index is 0.110. The Morgan fingerprint density at radius 2 is 2.10 bits per heavy atom. The molecule has 7 heteroatoms. The number of halogens is 1. The lowest BCUT2D eigenvalue weighted by molar-refractivity contribution is 0.371. The van der Waals surface area contributed by atoms with Crippen LogP contribution in [0.25, 0.3) is 0 Å². The van der Waals surface area contributed by atoms with Gasteiger partial charge in [0.2, 0.25) is 10.0 Å². The highest BCUT2D eigenvalue weighted by Crippen LogP contribution is 2.32. The molecule has 5 nitrogen and oxygen atoms in total. The van der Waals surface area contributed by atoms with E-state index in [2.05, 4.69) is 28.2 Å².